The Balaban J connectivity index is 0.00000225. The maximum absolute atomic E-state index is 11.7. The first-order valence-corrected chi connectivity index (χ1v) is 5.04. The molecule has 0 fully saturated rings. The summed E-state index contributed by atoms with van der Waals surface area (Å²) in [7, 11) is 0. The highest BCUT2D eigenvalue weighted by Crippen LogP contribution is 2.06. The Morgan fingerprint density at radius 2 is 1.75 bits per heavy atom. The number of carbonyl (C=O) groups is 1. The van der Waals surface area contributed by atoms with E-state index in [1.165, 1.54) is 0 Å². The molecule has 90 valence electrons. The number of nitrogens with two attached hydrogens (primary N) is 1. The molecule has 0 unspecified atom stereocenters. The van der Waals surface area contributed by atoms with E-state index in [0.29, 0.717) is 12.1 Å². The standard InChI is InChI=1S/C12H18N2O.ClH/c1-12(2,3)14-11(15)10-6-4-9(8-13)5-7-10;/h4-7H,8,13H2,1-3H3,(H,14,15);1H. The van der Waals surface area contributed by atoms with Crippen LogP contribution < -0.4 is 11.1 Å². The van der Waals surface area contributed by atoms with E-state index < -0.39 is 0 Å². The smallest absolute Gasteiger partial charge is 0.251 e. The third-order valence-corrected chi connectivity index (χ3v) is 1.94. The average Bonchev–Trinajstić information content (AvgIpc) is 2.15. The van der Waals surface area contributed by atoms with Gasteiger partial charge < -0.3 is 11.1 Å². The van der Waals surface area contributed by atoms with Crippen LogP contribution in [0.1, 0.15) is 36.7 Å². The van der Waals surface area contributed by atoms with Gasteiger partial charge in [-0.3, -0.25) is 4.79 Å². The molecule has 1 aromatic rings. The minimum atomic E-state index is -0.205. The van der Waals surface area contributed by atoms with Gasteiger partial charge in [-0.15, -0.1) is 12.4 Å². The molecule has 4 heteroatoms. The number of hydrogen-bond acceptors (Lipinski definition) is 2. The molecule has 0 saturated heterocycles. The van der Waals surface area contributed by atoms with Crippen LogP contribution in [0.15, 0.2) is 24.3 Å². The molecule has 0 spiro atoms. The van der Waals surface area contributed by atoms with E-state index in [2.05, 4.69) is 5.32 Å². The number of carbonyl (C=O) groups excluding carboxylic acids is 1. The van der Waals surface area contributed by atoms with Gasteiger partial charge >= 0.3 is 0 Å². The molecule has 0 atom stereocenters. The summed E-state index contributed by atoms with van der Waals surface area (Å²) in [5.74, 6) is -0.0499. The van der Waals surface area contributed by atoms with Crippen LogP contribution in [0.5, 0.6) is 0 Å². The number of amides is 1. The van der Waals surface area contributed by atoms with Gasteiger partial charge in [-0.2, -0.15) is 0 Å². The number of hydrogen-bond donors (Lipinski definition) is 2. The molecule has 0 bridgehead atoms. The lowest BCUT2D eigenvalue weighted by Gasteiger charge is -2.20. The third kappa shape index (κ3) is 4.64. The first-order chi connectivity index (χ1) is 6.92. The summed E-state index contributed by atoms with van der Waals surface area (Å²) >= 11 is 0. The molecule has 16 heavy (non-hydrogen) atoms. The molecule has 1 rings (SSSR count). The Bertz CT molecular complexity index is 341. The quantitative estimate of drug-likeness (QED) is 0.835. The molecular formula is C12H19ClN2O. The van der Waals surface area contributed by atoms with Gasteiger partial charge in [0.25, 0.3) is 5.91 Å². The van der Waals surface area contributed by atoms with E-state index in [9.17, 15) is 4.79 Å². The fraction of sp³-hybridized carbons (Fsp3) is 0.417. The van der Waals surface area contributed by atoms with Crippen LogP contribution in [0.2, 0.25) is 0 Å². The van der Waals surface area contributed by atoms with Crippen molar-refractivity contribution in [2.75, 3.05) is 0 Å². The molecule has 3 nitrogen and oxygen atoms in total. The Morgan fingerprint density at radius 1 is 1.25 bits per heavy atom. The normalized spacial score (nSPS) is 10.5. The first-order valence-electron chi connectivity index (χ1n) is 5.04. The number of benzene rings is 1. The van der Waals surface area contributed by atoms with Gasteiger partial charge in [0.2, 0.25) is 0 Å². The maximum Gasteiger partial charge on any atom is 0.251 e. The number of halogens is 1. The Hall–Kier alpha value is -1.06. The molecule has 0 aliphatic carbocycles. The van der Waals surface area contributed by atoms with Crippen LogP contribution in [0.3, 0.4) is 0 Å². The zero-order valence-corrected chi connectivity index (χ0v) is 10.7. The molecule has 0 aliphatic rings. The third-order valence-electron chi connectivity index (χ3n) is 1.94. The van der Waals surface area contributed by atoms with Crippen molar-refractivity contribution in [3.05, 3.63) is 35.4 Å². The predicted molar refractivity (Wildman–Crippen MR) is 68.8 cm³/mol. The number of nitrogens with one attached hydrogen (secondary N) is 1. The molecule has 0 aliphatic heterocycles. The van der Waals surface area contributed by atoms with E-state index in [1.54, 1.807) is 12.1 Å². The van der Waals surface area contributed by atoms with Crippen LogP contribution in [-0.4, -0.2) is 11.4 Å². The molecule has 0 aromatic heterocycles. The highest BCUT2D eigenvalue weighted by molar-refractivity contribution is 5.94. The van der Waals surface area contributed by atoms with Gasteiger partial charge in [0.15, 0.2) is 0 Å². The van der Waals surface area contributed by atoms with Gasteiger partial charge in [0, 0.05) is 17.6 Å². The Labute approximate surface area is 103 Å². The van der Waals surface area contributed by atoms with Gasteiger partial charge in [0.05, 0.1) is 0 Å². The van der Waals surface area contributed by atoms with Crippen molar-refractivity contribution in [2.45, 2.75) is 32.9 Å². The van der Waals surface area contributed by atoms with Crippen LogP contribution >= 0.6 is 12.4 Å². The second kappa shape index (κ2) is 5.87. The molecule has 0 radical (unpaired) electrons. The predicted octanol–water partition coefficient (Wildman–Crippen LogP) is 2.10. The Kier molecular flexibility index (Phi) is 5.48. The van der Waals surface area contributed by atoms with E-state index in [0.717, 1.165) is 5.56 Å². The first kappa shape index (κ1) is 14.9. The molecule has 1 amide bonds. The summed E-state index contributed by atoms with van der Waals surface area (Å²) in [6.07, 6.45) is 0. The summed E-state index contributed by atoms with van der Waals surface area (Å²) in [5.41, 5.74) is 6.97. The second-order valence-corrected chi connectivity index (χ2v) is 4.61. The van der Waals surface area contributed by atoms with Crippen LogP contribution in [0.25, 0.3) is 0 Å². The van der Waals surface area contributed by atoms with Crippen molar-refractivity contribution in [3.8, 4) is 0 Å². The zero-order valence-electron chi connectivity index (χ0n) is 9.91. The summed E-state index contributed by atoms with van der Waals surface area (Å²) in [6, 6.07) is 7.34. The topological polar surface area (TPSA) is 55.1 Å². The zero-order chi connectivity index (χ0) is 11.5. The second-order valence-electron chi connectivity index (χ2n) is 4.61. The monoisotopic (exact) mass is 242 g/mol. The molecule has 3 N–H and O–H groups in total. The highest BCUT2D eigenvalue weighted by atomic mass is 35.5. The lowest BCUT2D eigenvalue weighted by molar-refractivity contribution is 0.0919. The van der Waals surface area contributed by atoms with E-state index >= 15 is 0 Å². The van der Waals surface area contributed by atoms with E-state index in [-0.39, 0.29) is 23.9 Å². The van der Waals surface area contributed by atoms with Crippen LogP contribution in [0, 0.1) is 0 Å². The van der Waals surface area contributed by atoms with Crippen molar-refractivity contribution in [1.82, 2.24) is 5.32 Å². The van der Waals surface area contributed by atoms with Gasteiger partial charge in [0.1, 0.15) is 0 Å². The van der Waals surface area contributed by atoms with Crippen LogP contribution in [0.4, 0.5) is 0 Å². The summed E-state index contributed by atoms with van der Waals surface area (Å²) in [6.45, 7) is 6.37. The highest BCUT2D eigenvalue weighted by Gasteiger charge is 2.14. The molecule has 0 heterocycles. The van der Waals surface area contributed by atoms with Crippen molar-refractivity contribution in [1.29, 1.82) is 0 Å². The lowest BCUT2D eigenvalue weighted by Crippen LogP contribution is -2.40. The van der Waals surface area contributed by atoms with Crippen molar-refractivity contribution < 1.29 is 4.79 Å². The van der Waals surface area contributed by atoms with Gasteiger partial charge in [-0.1, -0.05) is 12.1 Å². The Morgan fingerprint density at radius 3 is 2.12 bits per heavy atom. The minimum Gasteiger partial charge on any atom is -0.347 e. The SMILES string of the molecule is CC(C)(C)NC(=O)c1ccc(CN)cc1.Cl. The fourth-order valence-electron chi connectivity index (χ4n) is 1.20. The van der Waals surface area contributed by atoms with Crippen molar-refractivity contribution in [3.63, 3.8) is 0 Å². The number of rotatable bonds is 2. The van der Waals surface area contributed by atoms with Crippen molar-refractivity contribution >= 4 is 18.3 Å². The van der Waals surface area contributed by atoms with Gasteiger partial charge in [-0.25, -0.2) is 0 Å². The minimum absolute atomic E-state index is 0. The average molecular weight is 243 g/mol. The van der Waals surface area contributed by atoms with E-state index in [1.807, 2.05) is 32.9 Å². The molecule has 0 saturated carbocycles. The van der Waals surface area contributed by atoms with E-state index in [4.69, 9.17) is 5.73 Å². The van der Waals surface area contributed by atoms with Gasteiger partial charge in [-0.05, 0) is 38.5 Å². The summed E-state index contributed by atoms with van der Waals surface area (Å²) < 4.78 is 0. The largest absolute Gasteiger partial charge is 0.347 e. The fourth-order valence-corrected chi connectivity index (χ4v) is 1.20. The van der Waals surface area contributed by atoms with Crippen molar-refractivity contribution in [2.24, 2.45) is 5.73 Å². The van der Waals surface area contributed by atoms with Crippen LogP contribution in [-0.2, 0) is 6.54 Å². The molecule has 1 aromatic carbocycles. The maximum atomic E-state index is 11.7. The lowest BCUT2D eigenvalue weighted by atomic mass is 10.1. The summed E-state index contributed by atoms with van der Waals surface area (Å²) in [5, 5.41) is 2.90. The molecular weight excluding hydrogens is 224 g/mol. The summed E-state index contributed by atoms with van der Waals surface area (Å²) in [4.78, 5) is 11.7.